The Bertz CT molecular complexity index is 950. The van der Waals surface area contributed by atoms with Crippen LogP contribution in [0.15, 0.2) is 42.5 Å². The lowest BCUT2D eigenvalue weighted by atomic mass is 9.92. The van der Waals surface area contributed by atoms with Crippen LogP contribution in [-0.4, -0.2) is 30.6 Å². The Morgan fingerprint density at radius 2 is 1.96 bits per heavy atom. The molecule has 1 atom stereocenters. The van der Waals surface area contributed by atoms with Gasteiger partial charge in [0.2, 0.25) is 0 Å². The Balaban J connectivity index is 1.60. The summed E-state index contributed by atoms with van der Waals surface area (Å²) in [4.78, 5) is 26.9. The minimum atomic E-state index is -2.98. The molecule has 0 aromatic heterocycles. The van der Waals surface area contributed by atoms with Crippen LogP contribution in [0, 0.1) is 0 Å². The normalized spacial score (nSPS) is 20.6. The van der Waals surface area contributed by atoms with E-state index in [1.807, 2.05) is 24.3 Å². The number of nitrogens with zero attached hydrogens (tertiary/aromatic N) is 1. The van der Waals surface area contributed by atoms with Crippen molar-refractivity contribution in [2.45, 2.75) is 31.5 Å². The number of halogens is 2. The van der Waals surface area contributed by atoms with E-state index in [0.717, 1.165) is 16.0 Å². The molecule has 2 aliphatic rings. The van der Waals surface area contributed by atoms with Crippen molar-refractivity contribution in [3.8, 4) is 11.5 Å². The molecule has 0 saturated carbocycles. The van der Waals surface area contributed by atoms with E-state index in [0.29, 0.717) is 18.4 Å². The lowest BCUT2D eigenvalue weighted by Gasteiger charge is -2.22. The van der Waals surface area contributed by atoms with Gasteiger partial charge in [-0.2, -0.15) is 8.78 Å². The molecule has 8 heteroatoms. The first-order valence-corrected chi connectivity index (χ1v) is 8.79. The van der Waals surface area contributed by atoms with Crippen molar-refractivity contribution in [2.75, 3.05) is 7.11 Å². The number of amides is 3. The van der Waals surface area contributed by atoms with Crippen molar-refractivity contribution in [2.24, 2.45) is 0 Å². The van der Waals surface area contributed by atoms with E-state index in [9.17, 15) is 18.4 Å². The zero-order valence-electron chi connectivity index (χ0n) is 15.1. The van der Waals surface area contributed by atoms with Crippen LogP contribution in [-0.2, 0) is 23.3 Å². The van der Waals surface area contributed by atoms with Gasteiger partial charge in [0.15, 0.2) is 11.5 Å². The second-order valence-electron chi connectivity index (χ2n) is 6.75. The van der Waals surface area contributed by atoms with E-state index in [2.05, 4.69) is 10.1 Å². The molecule has 1 fully saturated rings. The number of alkyl halides is 2. The number of nitrogens with one attached hydrogen (secondary N) is 1. The van der Waals surface area contributed by atoms with Gasteiger partial charge >= 0.3 is 12.6 Å². The highest BCUT2D eigenvalue weighted by atomic mass is 19.3. The van der Waals surface area contributed by atoms with E-state index >= 15 is 0 Å². The highest BCUT2D eigenvalue weighted by molar-refractivity contribution is 6.08. The third-order valence-electron chi connectivity index (χ3n) is 5.21. The average molecular weight is 388 g/mol. The van der Waals surface area contributed by atoms with Crippen LogP contribution in [0.3, 0.4) is 0 Å². The summed E-state index contributed by atoms with van der Waals surface area (Å²) in [6.45, 7) is -2.98. The number of rotatable bonds is 5. The molecule has 1 aliphatic heterocycles. The molecule has 6 nitrogen and oxygen atoms in total. The number of hydrogen-bond acceptors (Lipinski definition) is 4. The number of methoxy groups -OCH3 is 1. The summed E-state index contributed by atoms with van der Waals surface area (Å²) < 4.78 is 34.4. The van der Waals surface area contributed by atoms with Gasteiger partial charge in [0.25, 0.3) is 5.91 Å². The van der Waals surface area contributed by atoms with Crippen molar-refractivity contribution in [1.82, 2.24) is 10.2 Å². The molecular formula is C20H18F2N2O4. The SMILES string of the molecule is COc1cc(CN2C(=O)N[C@]3(CCc4ccccc43)C2=O)ccc1OC(F)F. The minimum absolute atomic E-state index is 0.0000971. The summed E-state index contributed by atoms with van der Waals surface area (Å²) in [6.07, 6.45) is 1.22. The molecule has 3 amide bonds. The molecular weight excluding hydrogens is 370 g/mol. The van der Waals surface area contributed by atoms with Crippen molar-refractivity contribution < 1.29 is 27.8 Å². The Morgan fingerprint density at radius 1 is 1.18 bits per heavy atom. The Labute approximate surface area is 160 Å². The fourth-order valence-corrected chi connectivity index (χ4v) is 3.92. The number of urea groups is 1. The highest BCUT2D eigenvalue weighted by Crippen LogP contribution is 2.41. The maximum absolute atomic E-state index is 13.2. The predicted molar refractivity (Wildman–Crippen MR) is 95.1 cm³/mol. The summed E-state index contributed by atoms with van der Waals surface area (Å²) in [6, 6.07) is 11.4. The topological polar surface area (TPSA) is 67.9 Å². The van der Waals surface area contributed by atoms with Crippen LogP contribution in [0.25, 0.3) is 0 Å². The molecule has 1 heterocycles. The molecule has 146 valence electrons. The molecule has 0 bridgehead atoms. The molecule has 0 unspecified atom stereocenters. The molecule has 1 saturated heterocycles. The van der Waals surface area contributed by atoms with Gasteiger partial charge in [-0.3, -0.25) is 9.69 Å². The standard InChI is InChI=1S/C20H18F2N2O4/c1-27-16-10-12(6-7-15(16)28-18(21)22)11-24-17(25)20(23-19(24)26)9-8-13-4-2-3-5-14(13)20/h2-7,10,18H,8-9,11H2,1H3,(H,23,26)/t20-/m0/s1. The number of benzene rings is 2. The minimum Gasteiger partial charge on any atom is -0.493 e. The molecule has 2 aromatic rings. The summed E-state index contributed by atoms with van der Waals surface area (Å²) in [5, 5.41) is 2.85. The van der Waals surface area contributed by atoms with Gasteiger partial charge < -0.3 is 14.8 Å². The van der Waals surface area contributed by atoms with Gasteiger partial charge in [0, 0.05) is 0 Å². The second-order valence-corrected chi connectivity index (χ2v) is 6.75. The first-order chi connectivity index (χ1) is 13.4. The average Bonchev–Trinajstić information content (AvgIpc) is 3.16. The lowest BCUT2D eigenvalue weighted by Crippen LogP contribution is -2.41. The fraction of sp³-hybridized carbons (Fsp3) is 0.300. The zero-order valence-corrected chi connectivity index (χ0v) is 15.1. The third kappa shape index (κ3) is 2.85. The first kappa shape index (κ1) is 18.2. The van der Waals surface area contributed by atoms with Crippen LogP contribution in [0.5, 0.6) is 11.5 Å². The van der Waals surface area contributed by atoms with Crippen molar-refractivity contribution in [1.29, 1.82) is 0 Å². The van der Waals surface area contributed by atoms with Crippen LogP contribution in [0.2, 0.25) is 0 Å². The number of fused-ring (bicyclic) bond motifs is 2. The van der Waals surface area contributed by atoms with Crippen molar-refractivity contribution in [3.63, 3.8) is 0 Å². The number of hydrogen-bond donors (Lipinski definition) is 1. The molecule has 4 rings (SSSR count). The maximum Gasteiger partial charge on any atom is 0.387 e. The lowest BCUT2D eigenvalue weighted by molar-refractivity contribution is -0.132. The Morgan fingerprint density at radius 3 is 2.71 bits per heavy atom. The smallest absolute Gasteiger partial charge is 0.387 e. The van der Waals surface area contributed by atoms with Crippen molar-refractivity contribution >= 4 is 11.9 Å². The van der Waals surface area contributed by atoms with E-state index in [1.54, 1.807) is 0 Å². The summed E-state index contributed by atoms with van der Waals surface area (Å²) in [5.41, 5.74) is 1.41. The van der Waals surface area contributed by atoms with Gasteiger partial charge in [-0.15, -0.1) is 0 Å². The first-order valence-electron chi connectivity index (χ1n) is 8.79. The van der Waals surface area contributed by atoms with Gasteiger partial charge in [0.1, 0.15) is 5.54 Å². The van der Waals surface area contributed by atoms with Crippen molar-refractivity contribution in [3.05, 3.63) is 59.2 Å². The quantitative estimate of drug-likeness (QED) is 0.799. The summed E-state index contributed by atoms with van der Waals surface area (Å²) in [7, 11) is 1.33. The van der Waals surface area contributed by atoms with E-state index in [4.69, 9.17) is 4.74 Å². The number of imide groups is 1. The summed E-state index contributed by atoms with van der Waals surface area (Å²) in [5.74, 6) is -0.320. The Hall–Kier alpha value is -3.16. The van der Waals surface area contributed by atoms with Crippen LogP contribution >= 0.6 is 0 Å². The van der Waals surface area contributed by atoms with Crippen LogP contribution in [0.1, 0.15) is 23.1 Å². The number of ether oxygens (including phenoxy) is 2. The molecule has 28 heavy (non-hydrogen) atoms. The van der Waals surface area contributed by atoms with E-state index in [1.165, 1.54) is 25.3 Å². The number of carbonyl (C=O) groups excluding carboxylic acids is 2. The largest absolute Gasteiger partial charge is 0.493 e. The van der Waals surface area contributed by atoms with Crippen LogP contribution < -0.4 is 14.8 Å². The van der Waals surface area contributed by atoms with Crippen LogP contribution in [0.4, 0.5) is 13.6 Å². The highest BCUT2D eigenvalue weighted by Gasteiger charge is 2.55. The van der Waals surface area contributed by atoms with Gasteiger partial charge in [0.05, 0.1) is 13.7 Å². The number of aryl methyl sites for hydroxylation is 1. The monoisotopic (exact) mass is 388 g/mol. The van der Waals surface area contributed by atoms with Gasteiger partial charge in [-0.05, 0) is 41.7 Å². The zero-order chi connectivity index (χ0) is 19.9. The fourth-order valence-electron chi connectivity index (χ4n) is 3.92. The molecule has 1 aliphatic carbocycles. The van der Waals surface area contributed by atoms with E-state index in [-0.39, 0.29) is 24.0 Å². The molecule has 0 radical (unpaired) electrons. The predicted octanol–water partition coefficient (Wildman–Crippen LogP) is 3.19. The molecule has 1 N–H and O–H groups in total. The van der Waals surface area contributed by atoms with Gasteiger partial charge in [-0.25, -0.2) is 4.79 Å². The molecule has 2 aromatic carbocycles. The Kier molecular flexibility index (Phi) is 4.41. The maximum atomic E-state index is 13.2. The van der Waals surface area contributed by atoms with Gasteiger partial charge in [-0.1, -0.05) is 30.3 Å². The molecule has 1 spiro atoms. The summed E-state index contributed by atoms with van der Waals surface area (Å²) >= 11 is 0. The van der Waals surface area contributed by atoms with E-state index < -0.39 is 18.2 Å². The third-order valence-corrected chi connectivity index (χ3v) is 5.21. The second kappa shape index (κ2) is 6.78. The number of carbonyl (C=O) groups is 2.